The molecule has 8 unspecified atom stereocenters. The molecular formula is C40H67N11O15. The summed E-state index contributed by atoms with van der Waals surface area (Å²) in [6.07, 6.45) is -3.18. The van der Waals surface area contributed by atoms with Crippen LogP contribution in [0.1, 0.15) is 105 Å². The number of carboxylic acids is 4. The Balaban J connectivity index is 3.38. The highest BCUT2D eigenvalue weighted by molar-refractivity contribution is 5.98. The second-order valence-corrected chi connectivity index (χ2v) is 16.7. The van der Waals surface area contributed by atoms with E-state index in [0.29, 0.717) is 0 Å². The van der Waals surface area contributed by atoms with Crippen molar-refractivity contribution in [1.29, 1.82) is 0 Å². The standard InChI is InChI=1S/C40H67N11O15/c1-19(2)18-26(35(61)49-25(39(65)66)8-6-16-44-40(42)43)50-36(62)27-9-7-17-51(27)38(64)24(12-15-30(56)57)48-34(60)23(11-14-29(54)55)47-33(59)22(10-13-28(52)53)46-32(58)21(5)45-37(63)31(41)20(3)4/h19-27,31H,6-18,41H2,1-5H3,(H,45,63)(H,46,58)(H,47,59)(H,48,60)(H,49,61)(H,50,62)(H,52,53)(H,54,55)(H,56,57)(H,65,66)(H4,42,43,44). The first-order valence-corrected chi connectivity index (χ1v) is 21.6. The van der Waals surface area contributed by atoms with Gasteiger partial charge in [0.15, 0.2) is 5.96 Å². The molecule has 0 bridgehead atoms. The van der Waals surface area contributed by atoms with E-state index >= 15 is 0 Å². The van der Waals surface area contributed by atoms with Crippen LogP contribution in [0.5, 0.6) is 0 Å². The van der Waals surface area contributed by atoms with Crippen LogP contribution >= 0.6 is 0 Å². The second-order valence-electron chi connectivity index (χ2n) is 16.7. The molecule has 26 heteroatoms. The minimum absolute atomic E-state index is 0.0496. The van der Waals surface area contributed by atoms with Crippen molar-refractivity contribution < 1.29 is 73.2 Å². The van der Waals surface area contributed by atoms with Gasteiger partial charge in [0.05, 0.1) is 6.04 Å². The van der Waals surface area contributed by atoms with E-state index in [9.17, 15) is 73.2 Å². The summed E-state index contributed by atoms with van der Waals surface area (Å²) in [7, 11) is 0. The van der Waals surface area contributed by atoms with Gasteiger partial charge >= 0.3 is 23.9 Å². The Morgan fingerprint density at radius 1 is 0.606 bits per heavy atom. The molecule has 0 aliphatic carbocycles. The third-order valence-corrected chi connectivity index (χ3v) is 10.3. The van der Waals surface area contributed by atoms with Crippen LogP contribution in [0, 0.1) is 11.8 Å². The average molecular weight is 942 g/mol. The Labute approximate surface area is 381 Å². The number of aliphatic carboxylic acids is 4. The van der Waals surface area contributed by atoms with Crippen molar-refractivity contribution in [3.63, 3.8) is 0 Å². The van der Waals surface area contributed by atoms with Gasteiger partial charge in [-0.25, -0.2) is 4.79 Å². The minimum atomic E-state index is -1.76. The van der Waals surface area contributed by atoms with Gasteiger partial charge in [-0.3, -0.25) is 52.9 Å². The van der Waals surface area contributed by atoms with Crippen molar-refractivity contribution in [2.45, 2.75) is 154 Å². The lowest BCUT2D eigenvalue weighted by molar-refractivity contribution is -0.144. The summed E-state index contributed by atoms with van der Waals surface area (Å²) < 4.78 is 0. The molecule has 0 aromatic carbocycles. The molecule has 0 aromatic rings. The third-order valence-electron chi connectivity index (χ3n) is 10.3. The zero-order valence-electron chi connectivity index (χ0n) is 37.9. The number of amides is 7. The van der Waals surface area contributed by atoms with Crippen LogP contribution in [0.25, 0.3) is 0 Å². The molecular weight excluding hydrogens is 875 g/mol. The van der Waals surface area contributed by atoms with E-state index in [1.807, 2.05) is 0 Å². The smallest absolute Gasteiger partial charge is 0.326 e. The molecule has 1 aliphatic rings. The van der Waals surface area contributed by atoms with E-state index in [1.165, 1.54) is 6.92 Å². The average Bonchev–Trinajstić information content (AvgIpc) is 3.72. The zero-order chi connectivity index (χ0) is 50.4. The number of nitrogens with two attached hydrogens (primary N) is 3. The first-order valence-electron chi connectivity index (χ1n) is 21.6. The van der Waals surface area contributed by atoms with Gasteiger partial charge in [-0.05, 0) is 70.1 Å². The topological polar surface area (TPSA) is 435 Å². The number of rotatable bonds is 30. The Hall–Kier alpha value is -6.60. The summed E-state index contributed by atoms with van der Waals surface area (Å²) in [5, 5.41) is 52.3. The molecule has 1 rings (SSSR count). The fraction of sp³-hybridized carbons (Fsp3) is 0.700. The minimum Gasteiger partial charge on any atom is -0.481 e. The maximum atomic E-state index is 14.1. The summed E-state index contributed by atoms with van der Waals surface area (Å²) in [5.74, 6) is -12.7. The molecule has 1 fully saturated rings. The summed E-state index contributed by atoms with van der Waals surface area (Å²) in [6.45, 7) is 8.16. The van der Waals surface area contributed by atoms with Crippen LogP contribution in [0.4, 0.5) is 0 Å². The fourth-order valence-electron chi connectivity index (χ4n) is 6.63. The van der Waals surface area contributed by atoms with Crippen LogP contribution in [-0.2, 0) is 52.7 Å². The van der Waals surface area contributed by atoms with E-state index in [-0.39, 0.29) is 63.0 Å². The Bertz CT molecular complexity index is 1790. The van der Waals surface area contributed by atoms with Gasteiger partial charge in [0, 0.05) is 32.4 Å². The molecule has 1 aliphatic heterocycles. The number of nitrogens with one attached hydrogen (secondary N) is 6. The molecule has 0 radical (unpaired) electrons. The lowest BCUT2D eigenvalue weighted by Gasteiger charge is -2.31. The van der Waals surface area contributed by atoms with Crippen molar-refractivity contribution in [2.75, 3.05) is 13.1 Å². The van der Waals surface area contributed by atoms with Crippen LogP contribution in [0.2, 0.25) is 0 Å². The summed E-state index contributed by atoms with van der Waals surface area (Å²) >= 11 is 0. The molecule has 8 atom stereocenters. The van der Waals surface area contributed by atoms with Gasteiger partial charge < -0.3 is 74.4 Å². The first kappa shape index (κ1) is 57.4. The SMILES string of the molecule is CC(C)CC(NC(=O)C1CCCN1C(=O)C(CCC(=O)O)NC(=O)C(CCC(=O)O)NC(=O)C(CCC(=O)O)NC(=O)C(C)NC(=O)C(N)C(C)C)C(=O)NC(CCCN=C(N)N)C(=O)O. The van der Waals surface area contributed by atoms with E-state index in [0.717, 1.165) is 4.90 Å². The number of likely N-dealkylation sites (tertiary alicyclic amines) is 1. The molecule has 26 nitrogen and oxygen atoms in total. The van der Waals surface area contributed by atoms with E-state index in [2.05, 4.69) is 36.9 Å². The molecule has 0 saturated carbocycles. The monoisotopic (exact) mass is 941 g/mol. The van der Waals surface area contributed by atoms with E-state index < -0.39 is 152 Å². The lowest BCUT2D eigenvalue weighted by Crippen LogP contribution is -2.60. The molecule has 1 heterocycles. The van der Waals surface area contributed by atoms with Crippen molar-refractivity contribution in [3.05, 3.63) is 0 Å². The van der Waals surface area contributed by atoms with Gasteiger partial charge in [0.25, 0.3) is 0 Å². The largest absolute Gasteiger partial charge is 0.481 e. The Morgan fingerprint density at radius 2 is 1.08 bits per heavy atom. The summed E-state index contributed by atoms with van der Waals surface area (Å²) in [6, 6.07) is -11.2. The fourth-order valence-corrected chi connectivity index (χ4v) is 6.63. The lowest BCUT2D eigenvalue weighted by atomic mass is 10.0. The van der Waals surface area contributed by atoms with Crippen LogP contribution in [-0.4, -0.2) is 158 Å². The van der Waals surface area contributed by atoms with Gasteiger partial charge in [-0.2, -0.15) is 0 Å². The molecule has 1 saturated heterocycles. The van der Waals surface area contributed by atoms with Crippen molar-refractivity contribution >= 4 is 71.2 Å². The molecule has 0 aromatic heterocycles. The van der Waals surface area contributed by atoms with Gasteiger partial charge in [0.2, 0.25) is 41.4 Å². The third kappa shape index (κ3) is 20.9. The highest BCUT2D eigenvalue weighted by Gasteiger charge is 2.40. The molecule has 0 spiro atoms. The Morgan fingerprint density at radius 3 is 1.55 bits per heavy atom. The molecule has 7 amide bonds. The number of hydrogen-bond donors (Lipinski definition) is 13. The second kappa shape index (κ2) is 28.3. The van der Waals surface area contributed by atoms with Crippen LogP contribution in [0.3, 0.4) is 0 Å². The number of carboxylic acid groups (broad SMARTS) is 4. The van der Waals surface area contributed by atoms with Gasteiger partial charge in [-0.1, -0.05) is 27.7 Å². The number of guanidine groups is 1. The number of carbonyl (C=O) groups is 11. The highest BCUT2D eigenvalue weighted by atomic mass is 16.4. The molecule has 66 heavy (non-hydrogen) atoms. The number of carbonyl (C=O) groups excluding carboxylic acids is 7. The maximum Gasteiger partial charge on any atom is 0.326 e. The normalized spacial score (nSPS) is 16.5. The van der Waals surface area contributed by atoms with Crippen molar-refractivity contribution in [1.82, 2.24) is 36.8 Å². The van der Waals surface area contributed by atoms with Crippen LogP contribution in [0.15, 0.2) is 4.99 Å². The quantitative estimate of drug-likeness (QED) is 0.0190. The number of hydrogen-bond acceptors (Lipinski definition) is 13. The van der Waals surface area contributed by atoms with Crippen LogP contribution < -0.4 is 49.1 Å². The van der Waals surface area contributed by atoms with Gasteiger partial charge in [-0.15, -0.1) is 0 Å². The molecule has 16 N–H and O–H groups in total. The van der Waals surface area contributed by atoms with E-state index in [1.54, 1.807) is 27.7 Å². The van der Waals surface area contributed by atoms with Crippen molar-refractivity contribution in [3.8, 4) is 0 Å². The predicted octanol–water partition coefficient (Wildman–Crippen LogP) is -3.33. The number of aliphatic imine (C=N–C) groups is 1. The zero-order valence-corrected chi connectivity index (χ0v) is 37.9. The number of nitrogens with zero attached hydrogens (tertiary/aromatic N) is 2. The summed E-state index contributed by atoms with van der Waals surface area (Å²) in [5.41, 5.74) is 16.5. The van der Waals surface area contributed by atoms with Gasteiger partial charge in [0.1, 0.15) is 42.3 Å². The Kier molecular flexibility index (Phi) is 24.7. The first-order chi connectivity index (χ1) is 30.7. The maximum absolute atomic E-state index is 14.1. The molecule has 372 valence electrons. The van der Waals surface area contributed by atoms with Crippen molar-refractivity contribution in [2.24, 2.45) is 34.0 Å². The van der Waals surface area contributed by atoms with E-state index in [4.69, 9.17) is 17.2 Å². The highest BCUT2D eigenvalue weighted by Crippen LogP contribution is 2.21. The summed E-state index contributed by atoms with van der Waals surface area (Å²) in [4.78, 5) is 146. The predicted molar refractivity (Wildman–Crippen MR) is 232 cm³/mol.